The first-order valence-corrected chi connectivity index (χ1v) is 9.60. The van der Waals surface area contributed by atoms with E-state index in [0.29, 0.717) is 0 Å². The third-order valence-electron chi connectivity index (χ3n) is 5.13. The van der Waals surface area contributed by atoms with Crippen molar-refractivity contribution in [2.75, 3.05) is 13.7 Å². The van der Waals surface area contributed by atoms with Crippen molar-refractivity contribution >= 4 is 27.3 Å². The Morgan fingerprint density at radius 1 is 1.23 bits per heavy atom. The number of aliphatic hydroxyl groups excluding tert-OH is 1. The maximum Gasteiger partial charge on any atom is 0.230 e. The number of aliphatic hydroxyl groups is 1. The first-order valence-electron chi connectivity index (χ1n) is 8.72. The largest absolute Gasteiger partial charge is 0.496 e. The molecule has 0 radical (unpaired) electrons. The number of amides is 1. The van der Waals surface area contributed by atoms with Crippen LogP contribution in [0.5, 0.6) is 5.75 Å². The molecule has 5 heteroatoms. The number of carbonyl (C=O) groups is 1. The Balaban J connectivity index is 1.48. The lowest BCUT2D eigenvalue weighted by Gasteiger charge is -2.20. The van der Waals surface area contributed by atoms with Gasteiger partial charge in [0.05, 0.1) is 18.6 Å². The van der Waals surface area contributed by atoms with E-state index in [-0.39, 0.29) is 12.5 Å². The molecule has 1 fully saturated rings. The minimum absolute atomic E-state index is 0.0411. The van der Waals surface area contributed by atoms with Crippen LogP contribution in [0.25, 0.3) is 10.1 Å². The highest BCUT2D eigenvalue weighted by atomic mass is 32.1. The van der Waals surface area contributed by atoms with Crippen molar-refractivity contribution in [1.82, 2.24) is 5.32 Å². The molecule has 0 spiro atoms. The zero-order valence-corrected chi connectivity index (χ0v) is 15.4. The monoisotopic (exact) mass is 367 g/mol. The second-order valence-corrected chi connectivity index (χ2v) is 7.61. The molecule has 1 unspecified atom stereocenters. The van der Waals surface area contributed by atoms with E-state index < -0.39 is 11.5 Å². The van der Waals surface area contributed by atoms with E-state index in [1.807, 2.05) is 53.9 Å². The highest BCUT2D eigenvalue weighted by molar-refractivity contribution is 7.17. The van der Waals surface area contributed by atoms with Gasteiger partial charge in [-0.15, -0.1) is 11.3 Å². The van der Waals surface area contributed by atoms with Crippen LogP contribution in [0.15, 0.2) is 53.9 Å². The second kappa shape index (κ2) is 6.74. The highest BCUT2D eigenvalue weighted by Crippen LogP contribution is 2.51. The van der Waals surface area contributed by atoms with Crippen LogP contribution in [0.1, 0.15) is 30.1 Å². The summed E-state index contributed by atoms with van der Waals surface area (Å²) in [5.74, 6) is 0.699. The summed E-state index contributed by atoms with van der Waals surface area (Å²) in [5.41, 5.74) is 1.27. The van der Waals surface area contributed by atoms with Crippen LogP contribution < -0.4 is 10.1 Å². The predicted molar refractivity (Wildman–Crippen MR) is 104 cm³/mol. The second-order valence-electron chi connectivity index (χ2n) is 6.70. The van der Waals surface area contributed by atoms with E-state index in [0.717, 1.165) is 39.8 Å². The molecule has 1 aliphatic carbocycles. The number of methoxy groups -OCH3 is 1. The number of fused-ring (bicyclic) bond motifs is 1. The molecule has 0 aliphatic heterocycles. The van der Waals surface area contributed by atoms with Crippen molar-refractivity contribution < 1.29 is 14.6 Å². The van der Waals surface area contributed by atoms with Crippen molar-refractivity contribution in [3.63, 3.8) is 0 Å². The SMILES string of the molecule is COc1ccccc1C1(C(=O)NCC(O)c2csc3ccccc23)CC1. The van der Waals surface area contributed by atoms with Crippen LogP contribution in [0.2, 0.25) is 0 Å². The molecule has 134 valence electrons. The van der Waals surface area contributed by atoms with E-state index in [4.69, 9.17) is 4.74 Å². The molecule has 1 heterocycles. The summed E-state index contributed by atoms with van der Waals surface area (Å²) in [5, 5.41) is 16.5. The molecule has 1 saturated carbocycles. The third kappa shape index (κ3) is 2.87. The average Bonchev–Trinajstić information content (AvgIpc) is 3.38. The van der Waals surface area contributed by atoms with Crippen molar-refractivity contribution in [3.05, 3.63) is 65.0 Å². The van der Waals surface area contributed by atoms with Crippen molar-refractivity contribution in [2.45, 2.75) is 24.4 Å². The molecular formula is C21H21NO3S. The molecule has 1 aromatic heterocycles. The van der Waals surface area contributed by atoms with E-state index in [9.17, 15) is 9.90 Å². The maximum absolute atomic E-state index is 12.9. The molecule has 4 nitrogen and oxygen atoms in total. The lowest BCUT2D eigenvalue weighted by Crippen LogP contribution is -2.37. The lowest BCUT2D eigenvalue weighted by molar-refractivity contribution is -0.124. The number of hydrogen-bond acceptors (Lipinski definition) is 4. The Morgan fingerprint density at radius 2 is 1.96 bits per heavy atom. The van der Waals surface area contributed by atoms with Crippen LogP contribution >= 0.6 is 11.3 Å². The summed E-state index contributed by atoms with van der Waals surface area (Å²) >= 11 is 1.61. The number of benzene rings is 2. The molecule has 1 aliphatic rings. The summed E-state index contributed by atoms with van der Waals surface area (Å²) in [7, 11) is 1.62. The first kappa shape index (κ1) is 17.1. The summed E-state index contributed by atoms with van der Waals surface area (Å²) < 4.78 is 6.57. The Hall–Kier alpha value is -2.37. The van der Waals surface area contributed by atoms with Gasteiger partial charge >= 0.3 is 0 Å². The van der Waals surface area contributed by atoms with Gasteiger partial charge in [0.1, 0.15) is 5.75 Å². The standard InChI is InChI=1S/C21H21NO3S/c1-25-18-8-4-3-7-16(18)21(10-11-21)20(24)22-12-17(23)15-13-26-19-9-5-2-6-14(15)19/h2-9,13,17,23H,10-12H2,1H3,(H,22,24). The minimum atomic E-state index is -0.719. The minimum Gasteiger partial charge on any atom is -0.496 e. The number of para-hydroxylation sites is 1. The fourth-order valence-corrected chi connectivity index (χ4v) is 4.52. The smallest absolute Gasteiger partial charge is 0.230 e. The molecule has 0 saturated heterocycles. The number of ether oxygens (including phenoxy) is 1. The van der Waals surface area contributed by atoms with Gasteiger partial charge in [0.2, 0.25) is 5.91 Å². The molecule has 2 N–H and O–H groups in total. The lowest BCUT2D eigenvalue weighted by atomic mass is 9.93. The van der Waals surface area contributed by atoms with Gasteiger partial charge in [0.25, 0.3) is 0 Å². The van der Waals surface area contributed by atoms with E-state index in [2.05, 4.69) is 5.32 Å². The van der Waals surface area contributed by atoms with E-state index >= 15 is 0 Å². The Labute approximate surface area is 156 Å². The summed E-state index contributed by atoms with van der Waals surface area (Å²) in [6.07, 6.45) is 0.886. The normalized spacial score (nSPS) is 16.2. The topological polar surface area (TPSA) is 58.6 Å². The summed E-state index contributed by atoms with van der Waals surface area (Å²) in [6.45, 7) is 0.205. The van der Waals surface area contributed by atoms with Gasteiger partial charge in [-0.2, -0.15) is 0 Å². The van der Waals surface area contributed by atoms with Gasteiger partial charge < -0.3 is 15.2 Å². The van der Waals surface area contributed by atoms with Crippen molar-refractivity contribution in [1.29, 1.82) is 0 Å². The van der Waals surface area contributed by atoms with Crippen molar-refractivity contribution in [2.24, 2.45) is 0 Å². The Morgan fingerprint density at radius 3 is 2.73 bits per heavy atom. The predicted octanol–water partition coefficient (Wildman–Crippen LogP) is 3.79. The first-order chi connectivity index (χ1) is 12.7. The van der Waals surface area contributed by atoms with Gasteiger partial charge in [-0.3, -0.25) is 4.79 Å². The van der Waals surface area contributed by atoms with Crippen LogP contribution in [-0.2, 0) is 10.2 Å². The van der Waals surface area contributed by atoms with Gasteiger partial charge in [-0.1, -0.05) is 36.4 Å². The van der Waals surface area contributed by atoms with Crippen molar-refractivity contribution in [3.8, 4) is 5.75 Å². The molecule has 3 aromatic rings. The zero-order chi connectivity index (χ0) is 18.1. The summed E-state index contributed by atoms with van der Waals surface area (Å²) in [4.78, 5) is 12.9. The van der Waals surface area contributed by atoms with Gasteiger partial charge in [0.15, 0.2) is 0 Å². The number of rotatable bonds is 6. The number of nitrogens with one attached hydrogen (secondary N) is 1. The molecule has 4 rings (SSSR count). The van der Waals surface area contributed by atoms with E-state index in [1.165, 1.54) is 0 Å². The van der Waals surface area contributed by atoms with Crippen LogP contribution in [-0.4, -0.2) is 24.7 Å². The highest BCUT2D eigenvalue weighted by Gasteiger charge is 2.52. The quantitative estimate of drug-likeness (QED) is 0.697. The molecule has 1 amide bonds. The fourth-order valence-electron chi connectivity index (χ4n) is 3.51. The Kier molecular flexibility index (Phi) is 4.42. The van der Waals surface area contributed by atoms with Crippen LogP contribution in [0.4, 0.5) is 0 Å². The molecule has 0 bridgehead atoms. The van der Waals surface area contributed by atoms with Gasteiger partial charge in [-0.05, 0) is 35.7 Å². The molecule has 1 atom stereocenters. The van der Waals surface area contributed by atoms with Crippen LogP contribution in [0.3, 0.4) is 0 Å². The molecular weight excluding hydrogens is 346 g/mol. The van der Waals surface area contributed by atoms with Gasteiger partial charge in [-0.25, -0.2) is 0 Å². The summed E-state index contributed by atoms with van der Waals surface area (Å²) in [6, 6.07) is 15.7. The number of thiophene rings is 1. The number of hydrogen-bond donors (Lipinski definition) is 2. The maximum atomic E-state index is 12.9. The molecule has 2 aromatic carbocycles. The fraction of sp³-hybridized carbons (Fsp3) is 0.286. The van der Waals surface area contributed by atoms with Crippen LogP contribution in [0, 0.1) is 0 Å². The molecule has 26 heavy (non-hydrogen) atoms. The average molecular weight is 367 g/mol. The Bertz CT molecular complexity index is 945. The zero-order valence-electron chi connectivity index (χ0n) is 14.6. The third-order valence-corrected chi connectivity index (χ3v) is 6.11. The number of carbonyl (C=O) groups excluding carboxylic acids is 1. The van der Waals surface area contributed by atoms with E-state index in [1.54, 1.807) is 18.4 Å². The van der Waals surface area contributed by atoms with Gasteiger partial charge in [0, 0.05) is 22.4 Å².